The smallest absolute Gasteiger partial charge is 0.345 e. The van der Waals surface area contributed by atoms with Gasteiger partial charge in [0.2, 0.25) is 5.91 Å². The minimum absolute atomic E-state index is 0. The molecule has 0 spiro atoms. The van der Waals surface area contributed by atoms with Crippen molar-refractivity contribution < 1.29 is 4.79 Å². The number of aryl methyl sites for hydroxylation is 2. The average Bonchev–Trinajstić information content (AvgIpc) is 3.01. The molecule has 0 unspecified atom stereocenters. The molecule has 9 nitrogen and oxygen atoms in total. The average molecular weight is 521 g/mol. The number of nitrogens with zero attached hydrogens (tertiary/aromatic N) is 6. The zero-order valence-electron chi connectivity index (χ0n) is 18.2. The molecule has 10 heteroatoms. The minimum Gasteiger partial charge on any atom is -0.357 e. The number of rotatable bonds is 9. The molecule has 0 radical (unpaired) electrons. The molecule has 0 saturated carbocycles. The first-order chi connectivity index (χ1) is 13.5. The van der Waals surface area contributed by atoms with Crippen molar-refractivity contribution in [2.24, 2.45) is 4.99 Å². The maximum Gasteiger partial charge on any atom is 0.345 e. The number of aliphatic imine (C=N–C) groups is 1. The number of fused-ring (bicyclic) bond motifs is 1. The van der Waals surface area contributed by atoms with Gasteiger partial charge in [0, 0.05) is 52.7 Å². The normalized spacial score (nSPS) is 13.4. The third kappa shape index (κ3) is 7.00. The summed E-state index contributed by atoms with van der Waals surface area (Å²) in [6, 6.07) is 0. The highest BCUT2D eigenvalue weighted by atomic mass is 127. The molecule has 2 heterocycles. The summed E-state index contributed by atoms with van der Waals surface area (Å²) in [6.07, 6.45) is 3.76. The van der Waals surface area contributed by atoms with Gasteiger partial charge in [-0.2, -0.15) is 5.10 Å². The number of hydrogen-bond donors (Lipinski definition) is 1. The Morgan fingerprint density at radius 2 is 1.97 bits per heavy atom. The van der Waals surface area contributed by atoms with E-state index in [1.165, 1.54) is 0 Å². The zero-order chi connectivity index (χ0) is 20.5. The third-order valence-electron chi connectivity index (χ3n) is 5.01. The van der Waals surface area contributed by atoms with Crippen LogP contribution in [0.1, 0.15) is 45.9 Å². The molecule has 2 rings (SSSR count). The maximum atomic E-state index is 12.4. The van der Waals surface area contributed by atoms with Crippen LogP contribution in [0.2, 0.25) is 0 Å². The second kappa shape index (κ2) is 12.9. The maximum absolute atomic E-state index is 12.4. The minimum atomic E-state index is -0.00692. The van der Waals surface area contributed by atoms with Gasteiger partial charge in [-0.1, -0.05) is 0 Å². The molecule has 0 saturated heterocycles. The highest BCUT2D eigenvalue weighted by Gasteiger charge is 2.17. The third-order valence-corrected chi connectivity index (χ3v) is 5.01. The van der Waals surface area contributed by atoms with E-state index in [4.69, 9.17) is 0 Å². The molecule has 29 heavy (non-hydrogen) atoms. The Balaban J connectivity index is 0.00000420. The van der Waals surface area contributed by atoms with Crippen LogP contribution >= 0.6 is 24.0 Å². The Labute approximate surface area is 190 Å². The number of carbonyl (C=O) groups is 1. The molecule has 166 valence electrons. The van der Waals surface area contributed by atoms with Crippen molar-refractivity contribution in [3.8, 4) is 0 Å². The van der Waals surface area contributed by atoms with Crippen LogP contribution in [0.3, 0.4) is 0 Å². The number of likely N-dealkylation sites (N-methyl/N-ethyl adjacent to an activating group) is 2. The summed E-state index contributed by atoms with van der Waals surface area (Å²) in [7, 11) is 1.87. The summed E-state index contributed by atoms with van der Waals surface area (Å²) in [5, 5.41) is 7.69. The highest BCUT2D eigenvalue weighted by Crippen LogP contribution is 2.09. The van der Waals surface area contributed by atoms with E-state index >= 15 is 0 Å². The highest BCUT2D eigenvalue weighted by molar-refractivity contribution is 14.0. The Morgan fingerprint density at radius 1 is 1.24 bits per heavy atom. The van der Waals surface area contributed by atoms with Crippen LogP contribution in [0.5, 0.6) is 0 Å². The van der Waals surface area contributed by atoms with E-state index in [0.717, 1.165) is 44.6 Å². The van der Waals surface area contributed by atoms with Crippen molar-refractivity contribution in [2.45, 2.75) is 59.5 Å². The van der Waals surface area contributed by atoms with Gasteiger partial charge in [0.05, 0.1) is 6.54 Å². The van der Waals surface area contributed by atoms with Gasteiger partial charge in [-0.15, -0.1) is 24.0 Å². The van der Waals surface area contributed by atoms with Crippen LogP contribution in [0.15, 0.2) is 9.79 Å². The van der Waals surface area contributed by atoms with Gasteiger partial charge in [-0.3, -0.25) is 14.4 Å². The Bertz CT molecular complexity index is 725. The number of halogens is 1. The fraction of sp³-hybridized carbons (Fsp3) is 0.789. The second-order valence-electron chi connectivity index (χ2n) is 7.04. The number of nitrogens with one attached hydrogen (secondary N) is 1. The lowest BCUT2D eigenvalue weighted by molar-refractivity contribution is -0.131. The summed E-state index contributed by atoms with van der Waals surface area (Å²) in [5.74, 6) is 1.70. The van der Waals surface area contributed by atoms with Crippen LogP contribution in [0.25, 0.3) is 0 Å². The van der Waals surface area contributed by atoms with Crippen molar-refractivity contribution in [3.63, 3.8) is 0 Å². The van der Waals surface area contributed by atoms with Crippen LogP contribution in [0, 0.1) is 0 Å². The molecule has 0 atom stereocenters. The van der Waals surface area contributed by atoms with E-state index in [1.54, 1.807) is 9.25 Å². The first kappa shape index (κ1) is 25.4. The lowest BCUT2D eigenvalue weighted by Crippen LogP contribution is -2.45. The number of carbonyl (C=O) groups excluding carboxylic acids is 1. The molecule has 0 aromatic carbocycles. The lowest BCUT2D eigenvalue weighted by atomic mass is 10.2. The Hall–Kier alpha value is -1.59. The predicted molar refractivity (Wildman–Crippen MR) is 126 cm³/mol. The van der Waals surface area contributed by atoms with E-state index < -0.39 is 0 Å². The summed E-state index contributed by atoms with van der Waals surface area (Å²) in [4.78, 5) is 33.0. The van der Waals surface area contributed by atoms with E-state index in [-0.39, 0.29) is 35.6 Å². The second-order valence-corrected chi connectivity index (χ2v) is 7.04. The quantitative estimate of drug-likeness (QED) is 0.228. The number of amides is 1. The Morgan fingerprint density at radius 3 is 2.59 bits per heavy atom. The van der Waals surface area contributed by atoms with Crippen molar-refractivity contribution in [1.82, 2.24) is 29.5 Å². The molecule has 1 amide bonds. The SMILES string of the molecule is CCNC(=NCCCn1nc2n(c1=O)CCCC2)N(C)CC(=O)N(CC)CC.I. The molecule has 0 bridgehead atoms. The molecule has 1 aliphatic heterocycles. The number of aromatic nitrogens is 3. The topological polar surface area (TPSA) is 87.8 Å². The van der Waals surface area contributed by atoms with Crippen LogP contribution in [-0.2, 0) is 24.3 Å². The van der Waals surface area contributed by atoms with Gasteiger partial charge in [-0.05, 0) is 40.0 Å². The molecule has 0 fully saturated rings. The van der Waals surface area contributed by atoms with Crippen molar-refractivity contribution >= 4 is 35.8 Å². The standard InChI is InChI=1S/C19H35N7O2.HI/c1-5-20-18(23(4)15-17(27)24(6-2)7-3)21-12-10-14-26-19(28)25-13-9-8-11-16(25)22-26;/h5-15H2,1-4H3,(H,20,21);1H. The van der Waals surface area contributed by atoms with E-state index in [0.29, 0.717) is 38.7 Å². The van der Waals surface area contributed by atoms with E-state index in [2.05, 4.69) is 15.4 Å². The van der Waals surface area contributed by atoms with Crippen molar-refractivity contribution in [1.29, 1.82) is 0 Å². The van der Waals surface area contributed by atoms with Gasteiger partial charge in [0.1, 0.15) is 5.82 Å². The monoisotopic (exact) mass is 521 g/mol. The first-order valence-corrected chi connectivity index (χ1v) is 10.5. The predicted octanol–water partition coefficient (Wildman–Crippen LogP) is 1.15. The first-order valence-electron chi connectivity index (χ1n) is 10.5. The van der Waals surface area contributed by atoms with Crippen LogP contribution < -0.4 is 11.0 Å². The van der Waals surface area contributed by atoms with E-state index in [9.17, 15) is 9.59 Å². The van der Waals surface area contributed by atoms with Gasteiger partial charge in [-0.25, -0.2) is 9.48 Å². The van der Waals surface area contributed by atoms with Crippen molar-refractivity contribution in [2.75, 3.05) is 39.8 Å². The van der Waals surface area contributed by atoms with Crippen molar-refractivity contribution in [3.05, 3.63) is 16.3 Å². The molecule has 1 aliphatic rings. The molecule has 1 aromatic rings. The van der Waals surface area contributed by atoms with Crippen LogP contribution in [0.4, 0.5) is 0 Å². The molecule has 0 aliphatic carbocycles. The fourth-order valence-electron chi connectivity index (χ4n) is 3.42. The van der Waals surface area contributed by atoms with E-state index in [1.807, 2.05) is 37.6 Å². The Kier molecular flexibility index (Phi) is 11.3. The zero-order valence-corrected chi connectivity index (χ0v) is 20.5. The van der Waals surface area contributed by atoms with Gasteiger partial charge in [0.25, 0.3) is 0 Å². The lowest BCUT2D eigenvalue weighted by Gasteiger charge is -2.25. The summed E-state index contributed by atoms with van der Waals surface area (Å²) < 4.78 is 3.36. The molecular formula is C19H36IN7O2. The molecular weight excluding hydrogens is 485 g/mol. The summed E-state index contributed by atoms with van der Waals surface area (Å²) in [6.45, 7) is 10.3. The largest absolute Gasteiger partial charge is 0.357 e. The van der Waals surface area contributed by atoms with Gasteiger partial charge < -0.3 is 15.1 Å². The van der Waals surface area contributed by atoms with Gasteiger partial charge in [0.15, 0.2) is 5.96 Å². The molecule has 1 N–H and O–H groups in total. The summed E-state index contributed by atoms with van der Waals surface area (Å²) >= 11 is 0. The number of hydrogen-bond acceptors (Lipinski definition) is 4. The number of guanidine groups is 1. The fourth-order valence-corrected chi connectivity index (χ4v) is 3.42. The van der Waals surface area contributed by atoms with Crippen LogP contribution in [-0.4, -0.2) is 75.8 Å². The molecule has 1 aromatic heterocycles. The van der Waals surface area contributed by atoms with Gasteiger partial charge >= 0.3 is 5.69 Å². The summed E-state index contributed by atoms with van der Waals surface area (Å²) in [5.41, 5.74) is -0.00692.